The zero-order valence-electron chi connectivity index (χ0n) is 20.7. The van der Waals surface area contributed by atoms with E-state index >= 15 is 0 Å². The number of benzene rings is 2. The van der Waals surface area contributed by atoms with E-state index in [2.05, 4.69) is 47.1 Å². The van der Waals surface area contributed by atoms with Gasteiger partial charge in [0, 0.05) is 24.9 Å². The second-order valence-corrected chi connectivity index (χ2v) is 9.81. The summed E-state index contributed by atoms with van der Waals surface area (Å²) in [6.45, 7) is 10.3. The zero-order valence-corrected chi connectivity index (χ0v) is 20.7. The number of carbonyl (C=O) groups excluding carboxylic acids is 1. The molecule has 0 saturated heterocycles. The van der Waals surface area contributed by atoms with Gasteiger partial charge in [-0.05, 0) is 56.4 Å². The van der Waals surface area contributed by atoms with E-state index in [4.69, 9.17) is 9.72 Å². The molecule has 5 nitrogen and oxygen atoms in total. The molecule has 0 unspecified atom stereocenters. The van der Waals surface area contributed by atoms with Gasteiger partial charge >= 0.3 is 0 Å². The SMILES string of the molecule is Cc1ccccc1OCCCCn1c(CCCCCNC(=O)C(C)(C)C)nc2ccccc21. The minimum absolute atomic E-state index is 0.121. The van der Waals surface area contributed by atoms with E-state index in [-0.39, 0.29) is 11.3 Å². The maximum absolute atomic E-state index is 12.0. The maximum atomic E-state index is 12.0. The second kappa shape index (κ2) is 11.9. The van der Waals surface area contributed by atoms with E-state index < -0.39 is 0 Å². The van der Waals surface area contributed by atoms with Crippen LogP contribution < -0.4 is 10.1 Å². The van der Waals surface area contributed by atoms with E-state index in [1.807, 2.05) is 39.0 Å². The Bertz CT molecular complexity index is 1030. The summed E-state index contributed by atoms with van der Waals surface area (Å²) >= 11 is 0. The molecule has 1 heterocycles. The van der Waals surface area contributed by atoms with E-state index in [0.717, 1.165) is 75.3 Å². The summed E-state index contributed by atoms with van der Waals surface area (Å²) < 4.78 is 8.34. The van der Waals surface area contributed by atoms with Crippen LogP contribution in [0.4, 0.5) is 0 Å². The van der Waals surface area contributed by atoms with Crippen LogP contribution in [-0.4, -0.2) is 28.6 Å². The predicted octanol–water partition coefficient (Wildman–Crippen LogP) is 6.08. The Morgan fingerprint density at radius 2 is 1.73 bits per heavy atom. The quantitative estimate of drug-likeness (QED) is 0.341. The maximum Gasteiger partial charge on any atom is 0.225 e. The number of hydrogen-bond donors (Lipinski definition) is 1. The molecule has 3 rings (SSSR count). The first-order valence-electron chi connectivity index (χ1n) is 12.3. The van der Waals surface area contributed by atoms with Gasteiger partial charge in [-0.25, -0.2) is 4.98 Å². The molecule has 0 saturated carbocycles. The highest BCUT2D eigenvalue weighted by molar-refractivity contribution is 5.81. The number of rotatable bonds is 12. The fourth-order valence-electron chi connectivity index (χ4n) is 3.89. The third-order valence-electron chi connectivity index (χ3n) is 5.90. The standard InChI is InChI=1S/C28H39N3O2/c1-22-14-7-10-17-25(22)33-21-13-12-20-31-24-16-9-8-15-23(24)30-26(31)18-6-5-11-19-29-27(32)28(2,3)4/h7-10,14-17H,5-6,11-13,18-21H2,1-4H3,(H,29,32). The molecule has 178 valence electrons. The summed E-state index contributed by atoms with van der Waals surface area (Å²) in [5.74, 6) is 2.26. The molecule has 0 spiro atoms. The molecule has 0 fully saturated rings. The summed E-state index contributed by atoms with van der Waals surface area (Å²) in [5, 5.41) is 3.04. The first-order chi connectivity index (χ1) is 15.9. The molecule has 0 atom stereocenters. The fourth-order valence-corrected chi connectivity index (χ4v) is 3.89. The van der Waals surface area contributed by atoms with Crippen molar-refractivity contribution in [1.29, 1.82) is 0 Å². The van der Waals surface area contributed by atoms with Gasteiger partial charge in [-0.2, -0.15) is 0 Å². The van der Waals surface area contributed by atoms with Crippen LogP contribution in [0.25, 0.3) is 11.0 Å². The van der Waals surface area contributed by atoms with Crippen LogP contribution in [0.5, 0.6) is 5.75 Å². The summed E-state index contributed by atoms with van der Waals surface area (Å²) in [5.41, 5.74) is 3.14. The minimum atomic E-state index is -0.324. The predicted molar refractivity (Wildman–Crippen MR) is 136 cm³/mol. The van der Waals surface area contributed by atoms with Crippen molar-refractivity contribution < 1.29 is 9.53 Å². The third-order valence-corrected chi connectivity index (χ3v) is 5.90. The molecule has 5 heteroatoms. The number of nitrogens with one attached hydrogen (secondary N) is 1. The lowest BCUT2D eigenvalue weighted by atomic mass is 9.96. The molecule has 0 bridgehead atoms. The molecule has 0 aliphatic carbocycles. The number of nitrogens with zero attached hydrogens (tertiary/aromatic N) is 2. The Hall–Kier alpha value is -2.82. The van der Waals surface area contributed by atoms with Gasteiger partial charge in [0.1, 0.15) is 11.6 Å². The average Bonchev–Trinajstić information content (AvgIpc) is 3.13. The smallest absolute Gasteiger partial charge is 0.225 e. The molecule has 1 aromatic heterocycles. The molecule has 1 N–H and O–H groups in total. The normalized spacial score (nSPS) is 11.6. The second-order valence-electron chi connectivity index (χ2n) is 9.81. The Kier molecular flexibility index (Phi) is 8.93. The number of unbranched alkanes of at least 4 members (excludes halogenated alkanes) is 3. The van der Waals surface area contributed by atoms with Gasteiger partial charge in [0.25, 0.3) is 0 Å². The number of carbonyl (C=O) groups is 1. The van der Waals surface area contributed by atoms with E-state index in [1.54, 1.807) is 0 Å². The van der Waals surface area contributed by atoms with Crippen molar-refractivity contribution in [3.63, 3.8) is 0 Å². The van der Waals surface area contributed by atoms with Crippen molar-refractivity contribution in [3.8, 4) is 5.75 Å². The molecule has 0 aliphatic rings. The van der Waals surface area contributed by atoms with Crippen molar-refractivity contribution in [2.24, 2.45) is 5.41 Å². The average molecular weight is 450 g/mol. The Balaban J connectivity index is 1.46. The van der Waals surface area contributed by atoms with Crippen LogP contribution >= 0.6 is 0 Å². The van der Waals surface area contributed by atoms with Crippen molar-refractivity contribution in [2.45, 2.75) is 72.8 Å². The van der Waals surface area contributed by atoms with Crippen LogP contribution in [0, 0.1) is 12.3 Å². The third kappa shape index (κ3) is 7.34. The van der Waals surface area contributed by atoms with Crippen LogP contribution in [0.1, 0.15) is 64.3 Å². The van der Waals surface area contributed by atoms with Gasteiger partial charge < -0.3 is 14.6 Å². The lowest BCUT2D eigenvalue weighted by Gasteiger charge is -2.17. The molecule has 3 aromatic rings. The van der Waals surface area contributed by atoms with Crippen LogP contribution in [-0.2, 0) is 17.8 Å². The van der Waals surface area contributed by atoms with Gasteiger partial charge in [-0.15, -0.1) is 0 Å². The Morgan fingerprint density at radius 1 is 0.970 bits per heavy atom. The molecule has 2 aromatic carbocycles. The summed E-state index contributed by atoms with van der Waals surface area (Å²) in [6.07, 6.45) is 6.18. The number of amides is 1. The van der Waals surface area contributed by atoms with Crippen LogP contribution in [0.2, 0.25) is 0 Å². The van der Waals surface area contributed by atoms with Gasteiger partial charge in [0.15, 0.2) is 0 Å². The summed E-state index contributed by atoms with van der Waals surface area (Å²) in [4.78, 5) is 16.9. The highest BCUT2D eigenvalue weighted by Crippen LogP contribution is 2.20. The van der Waals surface area contributed by atoms with Crippen LogP contribution in [0.3, 0.4) is 0 Å². The van der Waals surface area contributed by atoms with E-state index in [0.29, 0.717) is 0 Å². The highest BCUT2D eigenvalue weighted by Gasteiger charge is 2.20. The minimum Gasteiger partial charge on any atom is -0.493 e. The fraction of sp³-hybridized carbons (Fsp3) is 0.500. The number of aromatic nitrogens is 2. The number of para-hydroxylation sites is 3. The number of imidazole rings is 1. The molecule has 0 aliphatic heterocycles. The van der Waals surface area contributed by atoms with Gasteiger partial charge in [-0.1, -0.05) is 57.5 Å². The molecular weight excluding hydrogens is 410 g/mol. The Labute approximate surface area is 198 Å². The van der Waals surface area contributed by atoms with Crippen LogP contribution in [0.15, 0.2) is 48.5 Å². The van der Waals surface area contributed by atoms with Gasteiger partial charge in [0.05, 0.1) is 17.6 Å². The molecular formula is C28H39N3O2. The first-order valence-corrected chi connectivity index (χ1v) is 12.3. The molecule has 0 radical (unpaired) electrons. The summed E-state index contributed by atoms with van der Waals surface area (Å²) in [6, 6.07) is 16.6. The zero-order chi connectivity index (χ0) is 23.7. The van der Waals surface area contributed by atoms with Crippen molar-refractivity contribution >= 4 is 16.9 Å². The topological polar surface area (TPSA) is 56.1 Å². The molecule has 1 amide bonds. The lowest BCUT2D eigenvalue weighted by Crippen LogP contribution is -2.35. The lowest BCUT2D eigenvalue weighted by molar-refractivity contribution is -0.128. The van der Waals surface area contributed by atoms with Crippen molar-refractivity contribution in [2.75, 3.05) is 13.2 Å². The van der Waals surface area contributed by atoms with E-state index in [9.17, 15) is 4.79 Å². The van der Waals surface area contributed by atoms with Gasteiger partial charge in [0.2, 0.25) is 5.91 Å². The number of fused-ring (bicyclic) bond motifs is 1. The van der Waals surface area contributed by atoms with Crippen molar-refractivity contribution in [3.05, 3.63) is 59.9 Å². The monoisotopic (exact) mass is 449 g/mol. The molecule has 33 heavy (non-hydrogen) atoms. The highest BCUT2D eigenvalue weighted by atomic mass is 16.5. The summed E-state index contributed by atoms with van der Waals surface area (Å²) in [7, 11) is 0. The first kappa shape index (κ1) is 24.8. The van der Waals surface area contributed by atoms with E-state index in [1.165, 1.54) is 11.1 Å². The number of aryl methyl sites for hydroxylation is 3. The van der Waals surface area contributed by atoms with Crippen molar-refractivity contribution in [1.82, 2.24) is 14.9 Å². The van der Waals surface area contributed by atoms with Gasteiger partial charge in [-0.3, -0.25) is 4.79 Å². The Morgan fingerprint density at radius 3 is 2.52 bits per heavy atom. The number of hydrogen-bond acceptors (Lipinski definition) is 3. The largest absolute Gasteiger partial charge is 0.493 e. The number of ether oxygens (including phenoxy) is 1.